The molecule has 5 aromatic carbocycles. The summed E-state index contributed by atoms with van der Waals surface area (Å²) >= 11 is 0. The first-order chi connectivity index (χ1) is 27.5. The number of hydrogen-bond acceptors (Lipinski definition) is 2. The average Bonchev–Trinajstić information content (AvgIpc) is 3.49. The topological polar surface area (TPSA) is 35.9 Å². The molecule has 0 fully saturated rings. The van der Waals surface area contributed by atoms with Gasteiger partial charge in [-0.05, 0) is 93.3 Å². The Bertz CT molecular complexity index is 2480. The predicted octanol–water partition coefficient (Wildman–Crippen LogP) is 13.6. The van der Waals surface area contributed by atoms with E-state index in [0.717, 1.165) is 62.3 Å². The van der Waals surface area contributed by atoms with Crippen molar-refractivity contribution >= 4 is 28.2 Å². The van der Waals surface area contributed by atoms with Gasteiger partial charge in [-0.1, -0.05) is 201 Å². The number of allylic oxidation sites excluding steroid dienone is 18. The maximum Gasteiger partial charge on any atom is 0.0728 e. The molecular weight excluding hydrogens is 677 g/mol. The van der Waals surface area contributed by atoms with Gasteiger partial charge in [0.1, 0.15) is 0 Å². The van der Waals surface area contributed by atoms with E-state index in [0.29, 0.717) is 5.71 Å². The summed E-state index contributed by atoms with van der Waals surface area (Å²) in [5.41, 5.74) is 14.1. The molecule has 56 heavy (non-hydrogen) atoms. The molecule has 2 nitrogen and oxygen atoms in total. The largest absolute Gasteiger partial charge is 0.355 e. The van der Waals surface area contributed by atoms with Crippen LogP contribution in [-0.2, 0) is 11.8 Å². The zero-order chi connectivity index (χ0) is 38.7. The molecule has 1 unspecified atom stereocenters. The summed E-state index contributed by atoms with van der Waals surface area (Å²) in [6, 6.07) is 44.4. The van der Waals surface area contributed by atoms with E-state index in [2.05, 4.69) is 189 Å². The lowest BCUT2D eigenvalue weighted by atomic mass is 9.66. The standard InChI is InChI=1S/C41H34N2.C13H12/c1-4-38(42)31-26-27-36-34(28-31)33-21-11-9-7-5-6-8-10-12-22-35(33)41(36)30(3)19-17-18-29(2)32-20-13-15-24-39(32)43-40-25-16-14-23-37(40)41;1-3-7-12(8-4-1)11-13-9-5-2-6-10-13/h4-28,42-43H,1,3H2,2H3;1-10H,11H2/b6-5-,7-5?,8-6?,9-7+,10-8-,11-9?,12-10?,19-17-,21-11+,22-12-,29-18+,33-21?,35-22?,42-38?;. The molecule has 2 N–H and O–H groups in total. The van der Waals surface area contributed by atoms with Crippen LogP contribution in [0.25, 0.3) is 11.1 Å². The maximum absolute atomic E-state index is 8.55. The van der Waals surface area contributed by atoms with E-state index >= 15 is 0 Å². The second-order valence-electron chi connectivity index (χ2n) is 13.9. The highest BCUT2D eigenvalue weighted by atomic mass is 14.9. The normalized spacial score (nSPS) is 21.1. The Morgan fingerprint density at radius 3 is 1.88 bits per heavy atom. The molecular formula is C54H46N2. The third-order valence-corrected chi connectivity index (χ3v) is 10.4. The summed E-state index contributed by atoms with van der Waals surface area (Å²) in [5.74, 6) is 0. The molecule has 3 aliphatic rings. The van der Waals surface area contributed by atoms with Crippen LogP contribution in [0.1, 0.15) is 45.9 Å². The third kappa shape index (κ3) is 7.78. The van der Waals surface area contributed by atoms with Gasteiger partial charge in [-0.2, -0.15) is 0 Å². The third-order valence-electron chi connectivity index (χ3n) is 10.4. The van der Waals surface area contributed by atoms with Crippen molar-refractivity contribution in [2.45, 2.75) is 18.8 Å². The summed E-state index contributed by atoms with van der Waals surface area (Å²) < 4.78 is 0. The summed E-state index contributed by atoms with van der Waals surface area (Å²) in [5, 5.41) is 12.4. The molecule has 0 aromatic heterocycles. The van der Waals surface area contributed by atoms with Crippen LogP contribution in [0, 0.1) is 5.41 Å². The van der Waals surface area contributed by atoms with Crippen LogP contribution in [0.15, 0.2) is 237 Å². The fraction of sp³-hybridized carbons (Fsp3) is 0.0556. The van der Waals surface area contributed by atoms with Gasteiger partial charge in [0.25, 0.3) is 0 Å². The van der Waals surface area contributed by atoms with E-state index in [9.17, 15) is 0 Å². The monoisotopic (exact) mass is 722 g/mol. The Kier molecular flexibility index (Phi) is 11.6. The van der Waals surface area contributed by atoms with Crippen molar-refractivity contribution in [3.63, 3.8) is 0 Å². The molecule has 0 saturated carbocycles. The number of hydrogen-bond donors (Lipinski definition) is 2. The highest BCUT2D eigenvalue weighted by Crippen LogP contribution is 2.57. The first kappa shape index (κ1) is 37.3. The van der Waals surface area contributed by atoms with Crippen LogP contribution in [-0.4, -0.2) is 5.71 Å². The minimum atomic E-state index is -0.709. The first-order valence-electron chi connectivity index (χ1n) is 19.0. The van der Waals surface area contributed by atoms with Crippen molar-refractivity contribution < 1.29 is 0 Å². The van der Waals surface area contributed by atoms with Crippen molar-refractivity contribution in [3.05, 3.63) is 276 Å². The molecule has 0 bridgehead atoms. The van der Waals surface area contributed by atoms with Crippen LogP contribution in [0.3, 0.4) is 0 Å². The molecule has 0 radical (unpaired) electrons. The predicted molar refractivity (Wildman–Crippen MR) is 241 cm³/mol. The van der Waals surface area contributed by atoms with Gasteiger partial charge in [-0.25, -0.2) is 0 Å². The average molecular weight is 723 g/mol. The Morgan fingerprint density at radius 1 is 0.607 bits per heavy atom. The van der Waals surface area contributed by atoms with Crippen molar-refractivity contribution in [3.8, 4) is 0 Å². The van der Waals surface area contributed by atoms with Crippen LogP contribution >= 0.6 is 0 Å². The van der Waals surface area contributed by atoms with Gasteiger partial charge in [0, 0.05) is 16.9 Å². The van der Waals surface area contributed by atoms with Gasteiger partial charge >= 0.3 is 0 Å². The quantitative estimate of drug-likeness (QED) is 0.178. The number of nitrogens with one attached hydrogen (secondary N) is 2. The minimum Gasteiger partial charge on any atom is -0.355 e. The summed E-state index contributed by atoms with van der Waals surface area (Å²) in [6.45, 7) is 10.8. The molecule has 0 amide bonds. The zero-order valence-corrected chi connectivity index (χ0v) is 31.8. The minimum absolute atomic E-state index is 0.395. The highest BCUT2D eigenvalue weighted by Gasteiger charge is 2.47. The Hall–Kier alpha value is -7.03. The number of benzene rings is 5. The van der Waals surface area contributed by atoms with Crippen molar-refractivity contribution in [2.75, 3.05) is 5.32 Å². The smallest absolute Gasteiger partial charge is 0.0728 e. The second-order valence-corrected chi connectivity index (χ2v) is 13.9. The van der Waals surface area contributed by atoms with E-state index in [-0.39, 0.29) is 0 Å². The number of fused-ring (bicyclic) bond motifs is 7. The van der Waals surface area contributed by atoms with Crippen molar-refractivity contribution in [1.82, 2.24) is 0 Å². The molecule has 5 aromatic rings. The van der Waals surface area contributed by atoms with Crippen molar-refractivity contribution in [2.24, 2.45) is 0 Å². The molecule has 0 saturated heterocycles. The molecule has 1 aliphatic heterocycles. The molecule has 1 heterocycles. The van der Waals surface area contributed by atoms with Gasteiger partial charge in [-0.15, -0.1) is 0 Å². The van der Waals surface area contributed by atoms with Gasteiger partial charge in [0.15, 0.2) is 0 Å². The van der Waals surface area contributed by atoms with Crippen LogP contribution in [0.5, 0.6) is 0 Å². The number of para-hydroxylation sites is 2. The van der Waals surface area contributed by atoms with Gasteiger partial charge < -0.3 is 10.7 Å². The van der Waals surface area contributed by atoms with Gasteiger partial charge in [-0.3, -0.25) is 0 Å². The fourth-order valence-electron chi connectivity index (χ4n) is 7.71. The lowest BCUT2D eigenvalue weighted by molar-refractivity contribution is 0.765. The number of rotatable bonds is 4. The summed E-state index contributed by atoms with van der Waals surface area (Å²) in [6.07, 6.45) is 29.9. The lowest BCUT2D eigenvalue weighted by Gasteiger charge is -2.37. The molecule has 272 valence electrons. The summed E-state index contributed by atoms with van der Waals surface area (Å²) in [7, 11) is 0. The first-order valence-corrected chi connectivity index (χ1v) is 19.0. The summed E-state index contributed by atoms with van der Waals surface area (Å²) in [4.78, 5) is 0. The van der Waals surface area contributed by atoms with E-state index in [4.69, 9.17) is 12.0 Å². The van der Waals surface area contributed by atoms with Crippen molar-refractivity contribution in [1.29, 1.82) is 5.41 Å². The van der Waals surface area contributed by atoms with E-state index < -0.39 is 5.41 Å². The van der Waals surface area contributed by atoms with E-state index in [1.54, 1.807) is 6.08 Å². The Balaban J connectivity index is 0.000000311. The van der Waals surface area contributed by atoms with Gasteiger partial charge in [0.2, 0.25) is 0 Å². The van der Waals surface area contributed by atoms with E-state index in [1.807, 2.05) is 36.4 Å². The molecule has 8 rings (SSSR count). The van der Waals surface area contributed by atoms with Crippen LogP contribution < -0.4 is 5.32 Å². The highest BCUT2D eigenvalue weighted by molar-refractivity contribution is 6.07. The molecule has 1 atom stereocenters. The van der Waals surface area contributed by atoms with Gasteiger partial charge in [0.05, 0.1) is 11.1 Å². The molecule has 2 aliphatic carbocycles. The number of anilines is 2. The molecule has 2 heteroatoms. The van der Waals surface area contributed by atoms with Crippen LogP contribution in [0.2, 0.25) is 0 Å². The Labute approximate surface area is 332 Å². The molecule has 1 spiro atoms. The SMILES string of the molecule is C=CC(=N)c1ccc2c(c1)C1=C(\C=C/C=C\C=C/C=C/C=C/1)C21C(=C)/C=C\C=C(/C)c2ccccc2Nc2ccccc21.c1ccc(Cc2ccccc2)cc1. The van der Waals surface area contributed by atoms with Crippen LogP contribution in [0.4, 0.5) is 11.4 Å². The zero-order valence-electron chi connectivity index (χ0n) is 31.8. The second kappa shape index (κ2) is 17.4. The Morgan fingerprint density at radius 2 is 1.20 bits per heavy atom. The fourth-order valence-corrected chi connectivity index (χ4v) is 7.71. The van der Waals surface area contributed by atoms with E-state index in [1.165, 1.54) is 16.7 Å². The lowest BCUT2D eigenvalue weighted by Crippen LogP contribution is -2.30. The maximum atomic E-state index is 8.55.